The molecule has 0 aromatic carbocycles. The molecule has 5 atom stereocenters. The van der Waals surface area contributed by atoms with Gasteiger partial charge >= 0.3 is 0 Å². The monoisotopic (exact) mass is 471 g/mol. The lowest BCUT2D eigenvalue weighted by Crippen LogP contribution is -2.41. The highest BCUT2D eigenvalue weighted by molar-refractivity contribution is 7.16. The first kappa shape index (κ1) is 21.2. The highest BCUT2D eigenvalue weighted by atomic mass is 35.5. The van der Waals surface area contributed by atoms with Crippen LogP contribution >= 0.6 is 22.9 Å². The summed E-state index contributed by atoms with van der Waals surface area (Å²) in [5.41, 5.74) is 1.56. The van der Waals surface area contributed by atoms with E-state index in [0.29, 0.717) is 34.2 Å². The number of amides is 1. The summed E-state index contributed by atoms with van der Waals surface area (Å²) < 4.78 is 2.45. The van der Waals surface area contributed by atoms with Crippen molar-refractivity contribution < 1.29 is 15.0 Å². The third-order valence-electron chi connectivity index (χ3n) is 6.43. The lowest BCUT2D eigenvalue weighted by atomic mass is 9.98. The first-order valence-corrected chi connectivity index (χ1v) is 11.6. The molecule has 0 aliphatic heterocycles. The number of aliphatic hydroxyl groups excluding tert-OH is 2. The van der Waals surface area contributed by atoms with Gasteiger partial charge < -0.3 is 25.4 Å². The molecule has 3 heterocycles. The minimum atomic E-state index is -1.14. The van der Waals surface area contributed by atoms with Crippen LogP contribution in [0.4, 0.5) is 5.69 Å². The minimum Gasteiger partial charge on any atom is -0.389 e. The third-order valence-corrected chi connectivity index (χ3v) is 7.57. The van der Waals surface area contributed by atoms with Crippen LogP contribution < -0.4 is 10.6 Å². The maximum absolute atomic E-state index is 12.5. The number of carbonyl (C=O) groups is 1. The average Bonchev–Trinajstić information content (AvgIpc) is 3.03. The molecule has 3 aromatic heterocycles. The number of nitrogens with zero attached hydrogens (tertiary/aromatic N) is 3. The Morgan fingerprint density at radius 3 is 2.91 bits per heavy atom. The van der Waals surface area contributed by atoms with Crippen molar-refractivity contribution in [1.29, 1.82) is 0 Å². The van der Waals surface area contributed by atoms with Gasteiger partial charge in [0.15, 0.2) is 5.65 Å². The molecule has 0 unspecified atom stereocenters. The molecule has 2 aliphatic rings. The molecule has 2 fully saturated rings. The van der Waals surface area contributed by atoms with Gasteiger partial charge in [-0.3, -0.25) is 4.79 Å². The number of halogens is 1. The molecule has 166 valence electrons. The summed E-state index contributed by atoms with van der Waals surface area (Å²) >= 11 is 7.39. The van der Waals surface area contributed by atoms with Crippen molar-refractivity contribution in [2.24, 2.45) is 11.3 Å². The van der Waals surface area contributed by atoms with E-state index in [-0.39, 0.29) is 11.8 Å². The number of thiophene rings is 1. The average molecular weight is 472 g/mol. The summed E-state index contributed by atoms with van der Waals surface area (Å²) in [6.45, 7) is 2.67. The van der Waals surface area contributed by atoms with Crippen LogP contribution in [-0.4, -0.2) is 56.5 Å². The molecule has 0 spiro atoms. The van der Waals surface area contributed by atoms with Gasteiger partial charge in [0.05, 0.1) is 38.8 Å². The van der Waals surface area contributed by atoms with E-state index in [1.807, 2.05) is 19.1 Å². The van der Waals surface area contributed by atoms with Crippen LogP contribution in [0.2, 0.25) is 4.34 Å². The maximum atomic E-state index is 12.5. The predicted molar refractivity (Wildman–Crippen MR) is 123 cm³/mol. The van der Waals surface area contributed by atoms with Gasteiger partial charge in [0.25, 0.3) is 0 Å². The molecule has 8 nitrogen and oxygen atoms in total. The summed E-state index contributed by atoms with van der Waals surface area (Å²) in [4.78, 5) is 22.5. The van der Waals surface area contributed by atoms with E-state index in [1.165, 1.54) is 11.3 Å². The largest absolute Gasteiger partial charge is 0.389 e. The van der Waals surface area contributed by atoms with Crippen molar-refractivity contribution in [3.05, 3.63) is 39.4 Å². The van der Waals surface area contributed by atoms with Crippen LogP contribution in [-0.2, 0) is 4.79 Å². The first-order valence-electron chi connectivity index (χ1n) is 10.4. The number of hydrogen-bond acceptors (Lipinski definition) is 7. The van der Waals surface area contributed by atoms with Crippen LogP contribution in [0.25, 0.3) is 11.2 Å². The smallest absolute Gasteiger partial charge is 0.229 e. The van der Waals surface area contributed by atoms with Crippen LogP contribution in [0, 0.1) is 23.2 Å². The third kappa shape index (κ3) is 3.10. The lowest BCUT2D eigenvalue weighted by Gasteiger charge is -2.23. The van der Waals surface area contributed by atoms with Gasteiger partial charge in [-0.2, -0.15) is 0 Å². The lowest BCUT2D eigenvalue weighted by molar-refractivity contribution is -0.132. The topological polar surface area (TPSA) is 112 Å². The van der Waals surface area contributed by atoms with Gasteiger partial charge in [0.2, 0.25) is 5.91 Å². The van der Waals surface area contributed by atoms with Crippen molar-refractivity contribution in [2.75, 3.05) is 18.9 Å². The summed E-state index contributed by atoms with van der Waals surface area (Å²) in [5, 5.41) is 27.5. The molecule has 0 bridgehead atoms. The van der Waals surface area contributed by atoms with E-state index in [4.69, 9.17) is 16.6 Å². The second kappa shape index (κ2) is 7.74. The molecular weight excluding hydrogens is 450 g/mol. The van der Waals surface area contributed by atoms with Crippen LogP contribution in [0.15, 0.2) is 24.5 Å². The zero-order chi connectivity index (χ0) is 22.6. The van der Waals surface area contributed by atoms with Gasteiger partial charge in [-0.1, -0.05) is 11.6 Å². The van der Waals surface area contributed by atoms with E-state index in [9.17, 15) is 15.0 Å². The number of carbonyl (C=O) groups excluding carboxylic acids is 1. The SMILES string of the molecule is CCNc1cc(C#Cc2ccc(Cl)s2)nc2c1ncn2[C@H]1[C@H](O)[C@H](O)[C@]2(C(=O)NC)C[C@H]12. The fourth-order valence-electron chi connectivity index (χ4n) is 4.91. The number of hydrogen-bond donors (Lipinski definition) is 4. The molecular formula is C22H22ClN5O3S. The fourth-order valence-corrected chi connectivity index (χ4v) is 5.80. The van der Waals surface area contributed by atoms with Gasteiger partial charge in [0.1, 0.15) is 17.3 Å². The molecule has 2 aliphatic carbocycles. The Hall–Kier alpha value is -2.64. The van der Waals surface area contributed by atoms with Gasteiger partial charge in [-0.25, -0.2) is 9.97 Å². The summed E-state index contributed by atoms with van der Waals surface area (Å²) in [5.74, 6) is 5.72. The number of aromatic nitrogens is 3. The van der Waals surface area contributed by atoms with E-state index < -0.39 is 23.7 Å². The Morgan fingerprint density at radius 2 is 2.22 bits per heavy atom. The summed E-state index contributed by atoms with van der Waals surface area (Å²) in [6.07, 6.45) is -0.118. The van der Waals surface area contributed by atoms with Gasteiger partial charge in [-0.05, 0) is 43.4 Å². The maximum Gasteiger partial charge on any atom is 0.229 e. The summed E-state index contributed by atoms with van der Waals surface area (Å²) in [7, 11) is 1.54. The number of aliphatic hydroxyl groups is 2. The van der Waals surface area contributed by atoms with Gasteiger partial charge in [0, 0.05) is 19.5 Å². The normalized spacial score (nSPS) is 28.2. The van der Waals surface area contributed by atoms with E-state index in [0.717, 1.165) is 10.6 Å². The molecule has 2 saturated carbocycles. The molecule has 4 N–H and O–H groups in total. The van der Waals surface area contributed by atoms with Crippen LogP contribution in [0.3, 0.4) is 0 Å². The van der Waals surface area contributed by atoms with Crippen molar-refractivity contribution in [1.82, 2.24) is 19.9 Å². The summed E-state index contributed by atoms with van der Waals surface area (Å²) in [6, 6.07) is 4.99. The molecule has 32 heavy (non-hydrogen) atoms. The van der Waals surface area contributed by atoms with Crippen molar-refractivity contribution >= 4 is 45.7 Å². The number of anilines is 1. The Labute approximate surface area is 193 Å². The number of rotatable bonds is 4. The Morgan fingerprint density at radius 1 is 1.41 bits per heavy atom. The quantitative estimate of drug-likeness (QED) is 0.433. The van der Waals surface area contributed by atoms with Crippen molar-refractivity contribution in [2.45, 2.75) is 31.6 Å². The standard InChI is InChI=1S/C22H22ClN5O3S/c1-3-25-14-8-11(4-5-12-6-7-15(23)32-12)27-20-16(14)26-10-28(20)17-13-9-22(13,21(31)24-2)19(30)18(17)29/h6-8,10,13,17-19,29-30H,3,9H2,1-2H3,(H,24,31)(H,25,27)/t13-,17-,18+,19+,22+/m1/s1. The van der Waals surface area contributed by atoms with E-state index in [1.54, 1.807) is 24.0 Å². The van der Waals surface area contributed by atoms with Crippen LogP contribution in [0.5, 0.6) is 0 Å². The molecule has 0 radical (unpaired) electrons. The highest BCUT2D eigenvalue weighted by Crippen LogP contribution is 2.67. The first-order chi connectivity index (χ1) is 15.4. The second-order valence-electron chi connectivity index (χ2n) is 8.12. The number of nitrogens with one attached hydrogen (secondary N) is 2. The van der Waals surface area contributed by atoms with E-state index in [2.05, 4.69) is 27.5 Å². The zero-order valence-corrected chi connectivity index (χ0v) is 19.0. The fraction of sp³-hybridized carbons (Fsp3) is 0.409. The molecule has 1 amide bonds. The second-order valence-corrected chi connectivity index (χ2v) is 9.83. The molecule has 0 saturated heterocycles. The Kier molecular flexibility index (Phi) is 5.13. The molecule has 10 heteroatoms. The zero-order valence-electron chi connectivity index (χ0n) is 17.5. The molecule has 5 rings (SSSR count). The Bertz CT molecular complexity index is 1280. The minimum absolute atomic E-state index is 0.197. The Balaban J connectivity index is 1.59. The van der Waals surface area contributed by atoms with E-state index >= 15 is 0 Å². The van der Waals surface area contributed by atoms with Gasteiger partial charge in [-0.15, -0.1) is 11.3 Å². The van der Waals surface area contributed by atoms with Crippen molar-refractivity contribution in [3.8, 4) is 11.8 Å². The van der Waals surface area contributed by atoms with Crippen molar-refractivity contribution in [3.63, 3.8) is 0 Å². The predicted octanol–water partition coefficient (Wildman–Crippen LogP) is 2.01. The number of fused-ring (bicyclic) bond motifs is 2. The highest BCUT2D eigenvalue weighted by Gasteiger charge is 2.75. The molecule has 3 aromatic rings. The number of imidazole rings is 1. The number of pyridine rings is 1. The van der Waals surface area contributed by atoms with Crippen LogP contribution in [0.1, 0.15) is 30.0 Å².